The third-order valence-corrected chi connectivity index (χ3v) is 8.01. The Morgan fingerprint density at radius 2 is 1.17 bits per heavy atom. The van der Waals surface area contributed by atoms with Gasteiger partial charge in [0, 0.05) is 0 Å². The molecule has 3 aromatic rings. The van der Waals surface area contributed by atoms with Crippen LogP contribution in [0.2, 0.25) is 0 Å². The monoisotopic (exact) mass is 432 g/mol. The van der Waals surface area contributed by atoms with Gasteiger partial charge in [-0.05, 0) is 62.0 Å². The van der Waals surface area contributed by atoms with Crippen LogP contribution < -0.4 is 15.9 Å². The molecule has 0 saturated heterocycles. The van der Waals surface area contributed by atoms with Crippen molar-refractivity contribution in [3.8, 4) is 0 Å². The number of hydrogen-bond acceptors (Lipinski definition) is 0. The van der Waals surface area contributed by atoms with Gasteiger partial charge in [-0.2, -0.15) is 0 Å². The smallest absolute Gasteiger partial charge is 0.0198 e. The van der Waals surface area contributed by atoms with Crippen molar-refractivity contribution in [3.63, 3.8) is 0 Å². The Kier molecular flexibility index (Phi) is 12.1. The highest BCUT2D eigenvalue weighted by Crippen LogP contribution is 2.27. The molecule has 0 N–H and O–H groups in total. The third kappa shape index (κ3) is 8.79. The first kappa shape index (κ1) is 24.3. The van der Waals surface area contributed by atoms with Crippen molar-refractivity contribution < 1.29 is 0 Å². The van der Waals surface area contributed by atoms with Crippen molar-refractivity contribution in [1.82, 2.24) is 0 Å². The van der Waals surface area contributed by atoms with Crippen LogP contribution in [0.25, 0.3) is 0 Å². The first-order chi connectivity index (χ1) is 14.8. The molecule has 3 aromatic carbocycles. The Morgan fingerprint density at radius 3 is 1.53 bits per heavy atom. The summed E-state index contributed by atoms with van der Waals surface area (Å²) in [6.45, 7) is 6.74. The number of allylic oxidation sites excluding steroid dienone is 4. The van der Waals surface area contributed by atoms with Gasteiger partial charge in [-0.3, -0.25) is 0 Å². The second kappa shape index (κ2) is 14.9. The van der Waals surface area contributed by atoms with E-state index < -0.39 is 0 Å². The van der Waals surface area contributed by atoms with Crippen molar-refractivity contribution in [1.29, 1.82) is 0 Å². The lowest BCUT2D eigenvalue weighted by atomic mass is 10.2. The van der Waals surface area contributed by atoms with Gasteiger partial charge in [-0.15, -0.1) is 0 Å². The van der Waals surface area contributed by atoms with Crippen LogP contribution in [0.15, 0.2) is 109 Å². The summed E-state index contributed by atoms with van der Waals surface area (Å²) in [6, 6.07) is 30.1. The van der Waals surface area contributed by atoms with Crippen LogP contribution in [-0.4, -0.2) is 13.3 Å². The highest BCUT2D eigenvalue weighted by Gasteiger charge is 2.05. The van der Waals surface area contributed by atoms with Gasteiger partial charge in [0.05, 0.1) is 0 Å². The Hall–Kier alpha value is -2.00. The molecule has 0 aromatic heterocycles. The Balaban J connectivity index is 0.000000174. The Morgan fingerprint density at radius 1 is 0.700 bits per heavy atom. The van der Waals surface area contributed by atoms with E-state index in [-0.39, 0.29) is 7.92 Å². The quantitative estimate of drug-likeness (QED) is 0.397. The molecule has 4 rings (SSSR count). The number of rotatable bonds is 4. The topological polar surface area (TPSA) is 0 Å². The molecule has 0 fully saturated rings. The average molecular weight is 433 g/mol. The minimum Gasteiger partial charge on any atom is -0.0933 e. The van der Waals surface area contributed by atoms with E-state index in [2.05, 4.69) is 129 Å². The van der Waals surface area contributed by atoms with E-state index >= 15 is 0 Å². The lowest BCUT2D eigenvalue weighted by Crippen LogP contribution is -2.09. The lowest BCUT2D eigenvalue weighted by Gasteiger charge is -2.12. The van der Waals surface area contributed by atoms with Crippen LogP contribution in [0.5, 0.6) is 0 Å². The zero-order chi connectivity index (χ0) is 21.4. The summed E-state index contributed by atoms with van der Waals surface area (Å²) in [4.78, 5) is 0. The van der Waals surface area contributed by atoms with E-state index in [1.54, 1.807) is 0 Å². The molecule has 0 spiro atoms. The zero-order valence-electron chi connectivity index (χ0n) is 18.5. The van der Waals surface area contributed by atoms with E-state index in [9.17, 15) is 0 Å². The highest BCUT2D eigenvalue weighted by atomic mass is 31.1. The van der Waals surface area contributed by atoms with Crippen molar-refractivity contribution in [2.75, 3.05) is 13.3 Å². The zero-order valence-corrected chi connectivity index (χ0v) is 20.4. The second-order valence-corrected chi connectivity index (χ2v) is 10.1. The molecule has 0 radical (unpaired) electrons. The normalized spacial score (nSPS) is 12.3. The molecule has 0 aliphatic heterocycles. The van der Waals surface area contributed by atoms with Crippen LogP contribution in [0.3, 0.4) is 0 Å². The van der Waals surface area contributed by atoms with Crippen LogP contribution in [0.1, 0.15) is 25.3 Å². The molecule has 1 aliphatic rings. The van der Waals surface area contributed by atoms with E-state index in [1.165, 1.54) is 34.3 Å². The van der Waals surface area contributed by atoms with E-state index in [4.69, 9.17) is 0 Å². The molecule has 0 amide bonds. The van der Waals surface area contributed by atoms with Gasteiger partial charge < -0.3 is 0 Å². The van der Waals surface area contributed by atoms with Gasteiger partial charge in [-0.1, -0.05) is 125 Å². The fraction of sp³-hybridized carbons (Fsp3) is 0.214. The highest BCUT2D eigenvalue weighted by molar-refractivity contribution is 7.72. The fourth-order valence-corrected chi connectivity index (χ4v) is 5.45. The van der Waals surface area contributed by atoms with Gasteiger partial charge in [0.25, 0.3) is 0 Å². The summed E-state index contributed by atoms with van der Waals surface area (Å²) in [5, 5.41) is 4.40. The summed E-state index contributed by atoms with van der Waals surface area (Å²) in [5.41, 5.74) is 1.50. The number of aryl methyl sites for hydroxylation is 1. The van der Waals surface area contributed by atoms with Gasteiger partial charge in [0.2, 0.25) is 0 Å². The Bertz CT molecular complexity index is 808. The first-order valence-electron chi connectivity index (χ1n) is 10.7. The van der Waals surface area contributed by atoms with Crippen LogP contribution in [0, 0.1) is 0 Å². The molecule has 156 valence electrons. The molecule has 0 saturated carbocycles. The van der Waals surface area contributed by atoms with Gasteiger partial charge in [0.1, 0.15) is 0 Å². The van der Waals surface area contributed by atoms with E-state index in [0.717, 1.165) is 15.0 Å². The van der Waals surface area contributed by atoms with Crippen molar-refractivity contribution in [3.05, 3.63) is 115 Å². The van der Waals surface area contributed by atoms with Crippen molar-refractivity contribution in [2.24, 2.45) is 0 Å². The van der Waals surface area contributed by atoms with Gasteiger partial charge in [-0.25, -0.2) is 0 Å². The molecular formula is C28H34P2. The molecule has 1 aliphatic carbocycles. The van der Waals surface area contributed by atoms with Crippen LogP contribution in [-0.2, 0) is 6.42 Å². The maximum Gasteiger partial charge on any atom is -0.0198 e. The maximum absolute atomic E-state index is 2.31. The van der Waals surface area contributed by atoms with Gasteiger partial charge in [0.15, 0.2) is 0 Å². The fourth-order valence-electron chi connectivity index (χ4n) is 3.07. The number of hydrogen-bond donors (Lipinski definition) is 0. The predicted octanol–water partition coefficient (Wildman–Crippen LogP) is 6.82. The maximum atomic E-state index is 2.31. The second-order valence-electron chi connectivity index (χ2n) is 6.92. The lowest BCUT2D eigenvalue weighted by molar-refractivity contribution is 1.04. The molecule has 0 nitrogen and oxygen atoms in total. The third-order valence-electron chi connectivity index (χ3n) is 4.84. The molecule has 2 heteroatoms. The Labute approximate surface area is 186 Å². The first-order valence-corrected chi connectivity index (χ1v) is 14.0. The molecule has 0 bridgehead atoms. The minimum atomic E-state index is -0.171. The standard InChI is InChI=1S/C13H13P.C9H13P.C6H8/c1-14(12-8-4-2-5-9-12)13-10-6-3-7-11-13;1-3-8-6-4-5-7-9(8)10-2;1-2-4-6-5-3-1/h2-11H,1H3;4-7,10H,3H2,1-2H3;1-4H,5-6H2. The minimum absolute atomic E-state index is 0.171. The summed E-state index contributed by atoms with van der Waals surface area (Å²) in [7, 11) is 0.765. The summed E-state index contributed by atoms with van der Waals surface area (Å²) >= 11 is 0. The van der Waals surface area contributed by atoms with Crippen LogP contribution >= 0.6 is 16.5 Å². The van der Waals surface area contributed by atoms with Gasteiger partial charge >= 0.3 is 0 Å². The predicted molar refractivity (Wildman–Crippen MR) is 142 cm³/mol. The molecule has 30 heavy (non-hydrogen) atoms. The molecule has 1 unspecified atom stereocenters. The SMILES string of the molecule is C1=CCCC=C1.CCc1ccccc1PC.CP(c1ccccc1)c1ccccc1. The van der Waals surface area contributed by atoms with Crippen molar-refractivity contribution >= 4 is 32.4 Å². The average Bonchev–Trinajstić information content (AvgIpc) is 2.86. The van der Waals surface area contributed by atoms with E-state index in [1.807, 2.05) is 0 Å². The molecular weight excluding hydrogens is 398 g/mol. The summed E-state index contributed by atoms with van der Waals surface area (Å²) in [5.74, 6) is 0. The summed E-state index contributed by atoms with van der Waals surface area (Å²) < 4.78 is 0. The largest absolute Gasteiger partial charge is 0.0933 e. The molecule has 1 atom stereocenters. The summed E-state index contributed by atoms with van der Waals surface area (Å²) in [6.07, 6.45) is 12.2. The van der Waals surface area contributed by atoms with Crippen molar-refractivity contribution in [2.45, 2.75) is 26.2 Å². The number of benzene rings is 3. The van der Waals surface area contributed by atoms with E-state index in [0.29, 0.717) is 0 Å². The molecule has 0 heterocycles. The van der Waals surface area contributed by atoms with Crippen LogP contribution in [0.4, 0.5) is 0 Å².